The van der Waals surface area contributed by atoms with E-state index in [1.807, 2.05) is 6.20 Å². The Balaban J connectivity index is 1.62. The molecule has 0 aromatic carbocycles. The molecule has 2 atom stereocenters. The van der Waals surface area contributed by atoms with Crippen molar-refractivity contribution < 1.29 is 0 Å². The minimum atomic E-state index is 0.287. The largest absolute Gasteiger partial charge is 0.346 e. The molecule has 3 rings (SSSR count). The van der Waals surface area contributed by atoms with Crippen LogP contribution in [0.1, 0.15) is 32.6 Å². The minimum Gasteiger partial charge on any atom is -0.346 e. The van der Waals surface area contributed by atoms with Crippen molar-refractivity contribution in [2.75, 3.05) is 37.6 Å². The topological polar surface area (TPSA) is 45.4 Å². The number of nitrogens with two attached hydrogens (primary N) is 1. The first-order valence-corrected chi connectivity index (χ1v) is 8.75. The van der Waals surface area contributed by atoms with Gasteiger partial charge in [-0.3, -0.25) is 4.90 Å². The van der Waals surface area contributed by atoms with Gasteiger partial charge in [0, 0.05) is 49.8 Å². The third kappa shape index (κ3) is 2.59. The first kappa shape index (κ1) is 14.3. The molecule has 5 heteroatoms. The van der Waals surface area contributed by atoms with Gasteiger partial charge in [0.25, 0.3) is 0 Å². The van der Waals surface area contributed by atoms with E-state index in [4.69, 9.17) is 5.73 Å². The van der Waals surface area contributed by atoms with E-state index in [9.17, 15) is 0 Å². The zero-order chi connectivity index (χ0) is 14.0. The van der Waals surface area contributed by atoms with Gasteiger partial charge in [-0.15, -0.1) is 11.3 Å². The van der Waals surface area contributed by atoms with Gasteiger partial charge in [0.15, 0.2) is 5.13 Å². The normalized spacial score (nSPS) is 31.9. The fraction of sp³-hybridized carbons (Fsp3) is 0.800. The van der Waals surface area contributed by atoms with Crippen molar-refractivity contribution in [3.05, 3.63) is 11.6 Å². The van der Waals surface area contributed by atoms with Crippen molar-refractivity contribution in [1.29, 1.82) is 0 Å². The molecule has 0 radical (unpaired) electrons. The van der Waals surface area contributed by atoms with Crippen LogP contribution in [0.2, 0.25) is 0 Å². The summed E-state index contributed by atoms with van der Waals surface area (Å²) in [5, 5.41) is 3.23. The highest BCUT2D eigenvalue weighted by molar-refractivity contribution is 7.13. The first-order chi connectivity index (χ1) is 9.77. The summed E-state index contributed by atoms with van der Waals surface area (Å²) in [5.74, 6) is 0.885. The van der Waals surface area contributed by atoms with Crippen molar-refractivity contribution in [2.24, 2.45) is 11.7 Å². The molecule has 0 spiro atoms. The molecule has 2 aliphatic rings. The van der Waals surface area contributed by atoms with Crippen LogP contribution in [0.15, 0.2) is 11.6 Å². The highest BCUT2D eigenvalue weighted by atomic mass is 32.1. The fourth-order valence-corrected chi connectivity index (χ4v) is 4.61. The van der Waals surface area contributed by atoms with Gasteiger partial charge in [0.05, 0.1) is 0 Å². The number of rotatable bonds is 4. The smallest absolute Gasteiger partial charge is 0.185 e. The predicted octanol–water partition coefficient (Wildman–Crippen LogP) is 2.17. The summed E-state index contributed by atoms with van der Waals surface area (Å²) in [4.78, 5) is 9.51. The highest BCUT2D eigenvalue weighted by Gasteiger charge is 2.43. The average Bonchev–Trinajstić information content (AvgIpc) is 3.17. The summed E-state index contributed by atoms with van der Waals surface area (Å²) in [6.45, 7) is 7.58. The lowest BCUT2D eigenvalue weighted by molar-refractivity contribution is 0.0879. The van der Waals surface area contributed by atoms with Gasteiger partial charge in [0.2, 0.25) is 0 Å². The maximum Gasteiger partial charge on any atom is 0.185 e. The molecule has 1 aromatic heterocycles. The van der Waals surface area contributed by atoms with Crippen LogP contribution in [0.4, 0.5) is 5.13 Å². The molecule has 1 saturated carbocycles. The highest BCUT2D eigenvalue weighted by Crippen LogP contribution is 2.40. The molecule has 112 valence electrons. The third-order valence-corrected chi connectivity index (χ3v) is 6.12. The Morgan fingerprint density at radius 3 is 2.75 bits per heavy atom. The van der Waals surface area contributed by atoms with Gasteiger partial charge in [-0.05, 0) is 25.2 Å². The number of nitrogens with zero attached hydrogens (tertiary/aromatic N) is 3. The van der Waals surface area contributed by atoms with Crippen molar-refractivity contribution in [3.8, 4) is 0 Å². The Morgan fingerprint density at radius 1 is 1.40 bits per heavy atom. The van der Waals surface area contributed by atoms with Crippen molar-refractivity contribution in [2.45, 2.75) is 38.1 Å². The quantitative estimate of drug-likeness (QED) is 0.924. The summed E-state index contributed by atoms with van der Waals surface area (Å²) < 4.78 is 0. The Morgan fingerprint density at radius 2 is 2.20 bits per heavy atom. The third-order valence-electron chi connectivity index (χ3n) is 5.28. The molecule has 0 bridgehead atoms. The number of thiazole rings is 1. The van der Waals surface area contributed by atoms with E-state index in [1.165, 1.54) is 30.8 Å². The molecule has 2 fully saturated rings. The minimum absolute atomic E-state index is 0.287. The average molecular weight is 294 g/mol. The Kier molecular flexibility index (Phi) is 4.29. The molecule has 1 aliphatic carbocycles. The molecule has 20 heavy (non-hydrogen) atoms. The van der Waals surface area contributed by atoms with E-state index in [2.05, 4.69) is 27.1 Å². The summed E-state index contributed by atoms with van der Waals surface area (Å²) in [6, 6.07) is 0. The molecule has 4 nitrogen and oxygen atoms in total. The lowest BCUT2D eigenvalue weighted by atomic mass is 9.92. The van der Waals surface area contributed by atoms with Crippen LogP contribution in [0, 0.1) is 5.92 Å². The first-order valence-electron chi connectivity index (χ1n) is 7.87. The van der Waals surface area contributed by atoms with Crippen molar-refractivity contribution >= 4 is 16.5 Å². The molecule has 1 saturated heterocycles. The summed E-state index contributed by atoms with van der Waals surface area (Å²) in [5.41, 5.74) is 6.47. The lowest BCUT2D eigenvalue weighted by Crippen LogP contribution is -2.59. The van der Waals surface area contributed by atoms with Gasteiger partial charge >= 0.3 is 0 Å². The van der Waals surface area contributed by atoms with Crippen molar-refractivity contribution in [1.82, 2.24) is 9.88 Å². The Labute approximate surface area is 126 Å². The Hall–Kier alpha value is -0.650. The van der Waals surface area contributed by atoms with E-state index >= 15 is 0 Å². The second-order valence-corrected chi connectivity index (χ2v) is 7.11. The fourth-order valence-electron chi connectivity index (χ4n) is 3.91. The summed E-state index contributed by atoms with van der Waals surface area (Å²) in [6.07, 6.45) is 7.16. The SMILES string of the molecule is CCC1CCC(CN)(N2CCN(c3nccs3)CC2)C1. The zero-order valence-corrected chi connectivity index (χ0v) is 13.2. The number of hydrogen-bond donors (Lipinski definition) is 1. The van der Waals surface area contributed by atoms with E-state index in [0.29, 0.717) is 0 Å². The van der Waals surface area contributed by atoms with E-state index in [0.717, 1.165) is 38.6 Å². The maximum absolute atomic E-state index is 6.18. The second kappa shape index (κ2) is 6.00. The molecule has 2 N–H and O–H groups in total. The lowest BCUT2D eigenvalue weighted by Gasteiger charge is -2.45. The van der Waals surface area contributed by atoms with Gasteiger partial charge < -0.3 is 10.6 Å². The van der Waals surface area contributed by atoms with Crippen LogP contribution in [-0.4, -0.2) is 48.1 Å². The maximum atomic E-state index is 6.18. The number of piperazine rings is 1. The Bertz CT molecular complexity index is 414. The van der Waals surface area contributed by atoms with Gasteiger partial charge in [-0.2, -0.15) is 0 Å². The molecule has 2 unspecified atom stereocenters. The van der Waals surface area contributed by atoms with Gasteiger partial charge in [-0.25, -0.2) is 4.98 Å². The molecule has 1 aliphatic heterocycles. The van der Waals surface area contributed by atoms with Crippen LogP contribution in [0.5, 0.6) is 0 Å². The van der Waals surface area contributed by atoms with Crippen molar-refractivity contribution in [3.63, 3.8) is 0 Å². The number of aromatic nitrogens is 1. The van der Waals surface area contributed by atoms with E-state index in [1.54, 1.807) is 11.3 Å². The van der Waals surface area contributed by atoms with E-state index in [-0.39, 0.29) is 5.54 Å². The van der Waals surface area contributed by atoms with Crippen LogP contribution < -0.4 is 10.6 Å². The summed E-state index contributed by atoms with van der Waals surface area (Å²) in [7, 11) is 0. The second-order valence-electron chi connectivity index (χ2n) is 6.23. The van der Waals surface area contributed by atoms with Crippen LogP contribution in [0.25, 0.3) is 0 Å². The number of anilines is 1. The molecule has 0 amide bonds. The van der Waals surface area contributed by atoms with Crippen LogP contribution in [0.3, 0.4) is 0 Å². The molecule has 1 aromatic rings. The van der Waals surface area contributed by atoms with Gasteiger partial charge in [-0.1, -0.05) is 13.3 Å². The van der Waals surface area contributed by atoms with Gasteiger partial charge in [0.1, 0.15) is 0 Å². The zero-order valence-electron chi connectivity index (χ0n) is 12.4. The monoisotopic (exact) mass is 294 g/mol. The summed E-state index contributed by atoms with van der Waals surface area (Å²) >= 11 is 1.74. The molecular weight excluding hydrogens is 268 g/mol. The molecular formula is C15H26N4S. The standard InChI is InChI=1S/C15H26N4S/c1-2-13-3-4-15(11-13,12-16)19-8-6-18(7-9-19)14-17-5-10-20-14/h5,10,13H,2-4,6-9,11-12,16H2,1H3. The predicted molar refractivity (Wildman–Crippen MR) is 85.3 cm³/mol. The molecule has 2 heterocycles. The van der Waals surface area contributed by atoms with Crippen LogP contribution in [-0.2, 0) is 0 Å². The van der Waals surface area contributed by atoms with Crippen LogP contribution >= 0.6 is 11.3 Å². The van der Waals surface area contributed by atoms with E-state index < -0.39 is 0 Å². The number of hydrogen-bond acceptors (Lipinski definition) is 5.